The number of hydrogen-bond acceptors (Lipinski definition) is 5. The number of aromatic nitrogens is 2. The van der Waals surface area contributed by atoms with Gasteiger partial charge < -0.3 is 14.8 Å². The third-order valence-corrected chi connectivity index (χ3v) is 4.07. The summed E-state index contributed by atoms with van der Waals surface area (Å²) in [5.74, 6) is 1.19. The molecule has 24 heavy (non-hydrogen) atoms. The first kappa shape index (κ1) is 16.2. The molecule has 0 spiro atoms. The molecule has 0 atom stereocenters. The van der Waals surface area contributed by atoms with E-state index in [0.717, 1.165) is 24.2 Å². The smallest absolute Gasteiger partial charge is 0.271 e. The second-order valence-corrected chi connectivity index (χ2v) is 5.78. The van der Waals surface area contributed by atoms with Gasteiger partial charge in [0, 0.05) is 18.9 Å². The highest BCUT2D eigenvalue weighted by molar-refractivity contribution is 5.91. The summed E-state index contributed by atoms with van der Waals surface area (Å²) in [6, 6.07) is 5.73. The average Bonchev–Trinajstić information content (AvgIpc) is 3.14. The van der Waals surface area contributed by atoms with Crippen molar-refractivity contribution < 1.29 is 14.3 Å². The lowest BCUT2D eigenvalue weighted by molar-refractivity contribution is 0.0945. The number of nitrogens with zero attached hydrogens (tertiary/aromatic N) is 2. The third-order valence-electron chi connectivity index (χ3n) is 4.07. The van der Waals surface area contributed by atoms with Crippen LogP contribution in [-0.2, 0) is 6.54 Å². The van der Waals surface area contributed by atoms with Crippen molar-refractivity contribution in [1.82, 2.24) is 15.3 Å². The lowest BCUT2D eigenvalue weighted by Crippen LogP contribution is -2.23. The molecule has 1 aromatic carbocycles. The summed E-state index contributed by atoms with van der Waals surface area (Å²) in [5, 5.41) is 2.82. The highest BCUT2D eigenvalue weighted by Gasteiger charge is 2.18. The highest BCUT2D eigenvalue weighted by Crippen LogP contribution is 2.32. The first-order valence-electron chi connectivity index (χ1n) is 8.14. The lowest BCUT2D eigenvalue weighted by Gasteiger charge is -2.16. The van der Waals surface area contributed by atoms with E-state index < -0.39 is 0 Å². The molecule has 1 saturated carbocycles. The van der Waals surface area contributed by atoms with Crippen molar-refractivity contribution >= 4 is 5.91 Å². The molecule has 0 saturated heterocycles. The van der Waals surface area contributed by atoms with E-state index in [1.165, 1.54) is 31.4 Å². The number of hydrogen-bond donors (Lipinski definition) is 1. The predicted molar refractivity (Wildman–Crippen MR) is 89.1 cm³/mol. The second-order valence-electron chi connectivity index (χ2n) is 5.78. The minimum atomic E-state index is -0.256. The van der Waals surface area contributed by atoms with Crippen molar-refractivity contribution in [3.05, 3.63) is 48.0 Å². The number of methoxy groups -OCH3 is 1. The van der Waals surface area contributed by atoms with Crippen LogP contribution in [0, 0.1) is 0 Å². The van der Waals surface area contributed by atoms with E-state index in [4.69, 9.17) is 9.47 Å². The Hall–Kier alpha value is -2.63. The second kappa shape index (κ2) is 7.77. The maximum absolute atomic E-state index is 12.0. The zero-order valence-corrected chi connectivity index (χ0v) is 13.7. The fraction of sp³-hybridized carbons (Fsp3) is 0.389. The van der Waals surface area contributed by atoms with Gasteiger partial charge >= 0.3 is 0 Å². The minimum absolute atomic E-state index is 0.256. The number of nitrogens with one attached hydrogen (secondary N) is 1. The number of carbonyl (C=O) groups is 1. The molecule has 1 heterocycles. The van der Waals surface area contributed by atoms with Crippen molar-refractivity contribution in [2.75, 3.05) is 7.11 Å². The maximum Gasteiger partial charge on any atom is 0.271 e. The fourth-order valence-electron chi connectivity index (χ4n) is 2.79. The van der Waals surface area contributed by atoms with Crippen LogP contribution >= 0.6 is 0 Å². The predicted octanol–water partition coefficient (Wildman–Crippen LogP) is 2.74. The molecule has 0 radical (unpaired) electrons. The van der Waals surface area contributed by atoms with Gasteiger partial charge in [0.05, 0.1) is 19.4 Å². The van der Waals surface area contributed by atoms with Crippen LogP contribution in [0.25, 0.3) is 0 Å². The molecule has 6 heteroatoms. The van der Waals surface area contributed by atoms with E-state index >= 15 is 0 Å². The summed E-state index contributed by atoms with van der Waals surface area (Å²) >= 11 is 0. The molecule has 1 N–H and O–H groups in total. The van der Waals surface area contributed by atoms with Gasteiger partial charge in [-0.05, 0) is 43.4 Å². The van der Waals surface area contributed by atoms with Gasteiger partial charge in [0.25, 0.3) is 5.91 Å². The van der Waals surface area contributed by atoms with Crippen molar-refractivity contribution in [2.45, 2.75) is 38.3 Å². The molecule has 0 aliphatic heterocycles. The van der Waals surface area contributed by atoms with Crippen LogP contribution in [0.2, 0.25) is 0 Å². The Balaban J connectivity index is 1.62. The fourth-order valence-corrected chi connectivity index (χ4v) is 2.79. The minimum Gasteiger partial charge on any atom is -0.493 e. The topological polar surface area (TPSA) is 73.3 Å². The Morgan fingerprint density at radius 2 is 2.08 bits per heavy atom. The lowest BCUT2D eigenvalue weighted by atomic mass is 10.2. The summed E-state index contributed by atoms with van der Waals surface area (Å²) in [5.41, 5.74) is 1.23. The van der Waals surface area contributed by atoms with Gasteiger partial charge in [-0.3, -0.25) is 9.78 Å². The molecule has 1 aliphatic rings. The molecule has 126 valence electrons. The van der Waals surface area contributed by atoms with Crippen molar-refractivity contribution in [1.29, 1.82) is 0 Å². The molecule has 0 bridgehead atoms. The third kappa shape index (κ3) is 4.01. The zero-order chi connectivity index (χ0) is 16.8. The molecular formula is C18H21N3O3. The van der Waals surface area contributed by atoms with Gasteiger partial charge in [0.2, 0.25) is 0 Å². The first-order chi connectivity index (χ1) is 11.8. The van der Waals surface area contributed by atoms with Crippen LogP contribution in [0.4, 0.5) is 0 Å². The Labute approximate surface area is 141 Å². The Kier molecular flexibility index (Phi) is 5.25. The van der Waals surface area contributed by atoms with E-state index in [-0.39, 0.29) is 12.0 Å². The molecule has 1 aliphatic carbocycles. The van der Waals surface area contributed by atoms with Crippen molar-refractivity contribution in [3.63, 3.8) is 0 Å². The van der Waals surface area contributed by atoms with Gasteiger partial charge in [-0.2, -0.15) is 0 Å². The number of carbonyl (C=O) groups excluding carboxylic acids is 1. The van der Waals surface area contributed by atoms with E-state index in [1.807, 2.05) is 18.2 Å². The summed E-state index contributed by atoms with van der Waals surface area (Å²) < 4.78 is 11.4. The number of ether oxygens (including phenoxy) is 2. The van der Waals surface area contributed by atoms with Gasteiger partial charge in [-0.1, -0.05) is 6.07 Å². The quantitative estimate of drug-likeness (QED) is 0.883. The van der Waals surface area contributed by atoms with Crippen LogP contribution in [0.5, 0.6) is 11.5 Å². The maximum atomic E-state index is 12.0. The molecule has 1 fully saturated rings. The molecule has 6 nitrogen and oxygen atoms in total. The number of benzene rings is 1. The Morgan fingerprint density at radius 1 is 1.25 bits per heavy atom. The Morgan fingerprint density at radius 3 is 2.79 bits per heavy atom. The number of amides is 1. The van der Waals surface area contributed by atoms with Crippen LogP contribution < -0.4 is 14.8 Å². The van der Waals surface area contributed by atoms with Gasteiger partial charge in [0.1, 0.15) is 5.69 Å². The summed E-state index contributed by atoms with van der Waals surface area (Å²) in [6.07, 6.45) is 9.38. The van der Waals surface area contributed by atoms with Crippen LogP contribution in [0.15, 0.2) is 36.8 Å². The van der Waals surface area contributed by atoms with Crippen LogP contribution in [-0.4, -0.2) is 29.1 Å². The average molecular weight is 327 g/mol. The largest absolute Gasteiger partial charge is 0.493 e. The summed E-state index contributed by atoms with van der Waals surface area (Å²) in [6.45, 7) is 0.384. The highest BCUT2D eigenvalue weighted by atomic mass is 16.5. The van der Waals surface area contributed by atoms with Gasteiger partial charge in [0.15, 0.2) is 11.5 Å². The molecule has 0 unspecified atom stereocenters. The van der Waals surface area contributed by atoms with Crippen molar-refractivity contribution in [2.24, 2.45) is 0 Å². The van der Waals surface area contributed by atoms with E-state index in [0.29, 0.717) is 18.0 Å². The van der Waals surface area contributed by atoms with Gasteiger partial charge in [-0.15, -0.1) is 0 Å². The molecular weight excluding hydrogens is 306 g/mol. The molecule has 3 rings (SSSR count). The van der Waals surface area contributed by atoms with Crippen LogP contribution in [0.1, 0.15) is 41.7 Å². The Bertz CT molecular complexity index is 685. The molecule has 1 aromatic heterocycles. The standard InChI is InChI=1S/C18H21N3O3/c1-23-17-10-13(6-7-16(17)24-14-4-2-3-5-14)11-21-18(22)15-12-19-8-9-20-15/h6-10,12,14H,2-5,11H2,1H3,(H,21,22). The normalized spacial score (nSPS) is 14.4. The molecule has 1 amide bonds. The zero-order valence-electron chi connectivity index (χ0n) is 13.7. The monoisotopic (exact) mass is 327 g/mol. The first-order valence-corrected chi connectivity index (χ1v) is 8.14. The van der Waals surface area contributed by atoms with E-state index in [9.17, 15) is 4.79 Å². The van der Waals surface area contributed by atoms with Crippen molar-refractivity contribution in [3.8, 4) is 11.5 Å². The van der Waals surface area contributed by atoms with E-state index in [1.54, 1.807) is 7.11 Å². The summed E-state index contributed by atoms with van der Waals surface area (Å²) in [7, 11) is 1.62. The summed E-state index contributed by atoms with van der Waals surface area (Å²) in [4.78, 5) is 19.9. The SMILES string of the molecule is COc1cc(CNC(=O)c2cnccn2)ccc1OC1CCCC1. The van der Waals surface area contributed by atoms with E-state index in [2.05, 4.69) is 15.3 Å². The molecule has 2 aromatic rings. The van der Waals surface area contributed by atoms with Crippen LogP contribution in [0.3, 0.4) is 0 Å². The van der Waals surface area contributed by atoms with Gasteiger partial charge in [-0.25, -0.2) is 4.98 Å². The number of rotatable bonds is 6.